The average Bonchev–Trinajstić information content (AvgIpc) is 3.17. The fraction of sp³-hybridized carbons (Fsp3) is 0.636. The molecule has 11 nitrogen and oxygen atoms in total. The molecule has 0 fully saturated rings. The minimum Gasteiger partial charge on any atom is -0.462 e. The normalized spacial score (nSPS) is 15.3. The summed E-state index contributed by atoms with van der Waals surface area (Å²) < 4.78 is 32.5. The molecule has 0 saturated carbocycles. The summed E-state index contributed by atoms with van der Waals surface area (Å²) in [4.78, 5) is 34.9. The van der Waals surface area contributed by atoms with Gasteiger partial charge in [0.25, 0.3) is 0 Å². The van der Waals surface area contributed by atoms with Crippen molar-refractivity contribution in [2.45, 2.75) is 154 Å². The number of phosphoric ester groups is 1. The van der Waals surface area contributed by atoms with Crippen LogP contribution in [0.4, 0.5) is 0 Å². The predicted molar refractivity (Wildman–Crippen MR) is 225 cm³/mol. The number of allylic oxidation sites excluding steroid dienone is 14. The van der Waals surface area contributed by atoms with E-state index in [9.17, 15) is 29.3 Å². The summed E-state index contributed by atoms with van der Waals surface area (Å²) in [5.74, 6) is -1.06. The van der Waals surface area contributed by atoms with E-state index in [0.29, 0.717) is 19.3 Å². The Labute approximate surface area is 337 Å². The van der Waals surface area contributed by atoms with E-state index in [-0.39, 0.29) is 25.6 Å². The largest absolute Gasteiger partial charge is 0.472 e. The summed E-state index contributed by atoms with van der Waals surface area (Å²) in [6.45, 7) is 1.75. The molecule has 0 aromatic heterocycles. The molecule has 0 aliphatic carbocycles. The third-order valence-corrected chi connectivity index (χ3v) is 8.99. The number of aliphatic hydroxyl groups is 3. The summed E-state index contributed by atoms with van der Waals surface area (Å²) in [5, 5.41) is 27.6. The second-order valence-electron chi connectivity index (χ2n) is 13.6. The second kappa shape index (κ2) is 39.0. The van der Waals surface area contributed by atoms with Crippen LogP contribution in [0.25, 0.3) is 0 Å². The highest BCUT2D eigenvalue weighted by molar-refractivity contribution is 7.47. The van der Waals surface area contributed by atoms with Crippen LogP contribution in [0.3, 0.4) is 0 Å². The first-order valence-corrected chi connectivity index (χ1v) is 22.1. The van der Waals surface area contributed by atoms with E-state index in [1.807, 2.05) is 19.1 Å². The first-order chi connectivity index (χ1) is 27.1. The van der Waals surface area contributed by atoms with Crippen LogP contribution in [0.1, 0.15) is 136 Å². The van der Waals surface area contributed by atoms with Gasteiger partial charge in [-0.2, -0.15) is 0 Å². The van der Waals surface area contributed by atoms with Crippen molar-refractivity contribution in [2.24, 2.45) is 0 Å². The molecule has 12 heteroatoms. The van der Waals surface area contributed by atoms with E-state index < -0.39 is 51.8 Å². The van der Waals surface area contributed by atoms with Gasteiger partial charge >= 0.3 is 19.8 Å². The lowest BCUT2D eigenvalue weighted by Crippen LogP contribution is -2.29. The van der Waals surface area contributed by atoms with Crippen molar-refractivity contribution < 1.29 is 52.9 Å². The minimum atomic E-state index is -4.65. The van der Waals surface area contributed by atoms with Crippen molar-refractivity contribution in [3.05, 3.63) is 85.1 Å². The van der Waals surface area contributed by atoms with Crippen molar-refractivity contribution >= 4 is 19.8 Å². The van der Waals surface area contributed by atoms with Gasteiger partial charge in [-0.05, 0) is 103 Å². The summed E-state index contributed by atoms with van der Waals surface area (Å²) in [7, 11) is -4.65. The van der Waals surface area contributed by atoms with Crippen LogP contribution in [-0.4, -0.2) is 76.9 Å². The summed E-state index contributed by atoms with van der Waals surface area (Å²) in [5.41, 5.74) is 0. The first kappa shape index (κ1) is 53.1. The van der Waals surface area contributed by atoms with Crippen LogP contribution < -0.4 is 0 Å². The predicted octanol–water partition coefficient (Wildman–Crippen LogP) is 9.63. The number of esters is 2. The monoisotopic (exact) mass is 808 g/mol. The molecule has 0 aromatic carbocycles. The standard InChI is InChI=1S/C44H73O11P/c1-3-4-5-6-7-8-9-10-12-17-20-23-26-29-32-35-44(49)55-42(39-54-56(50,51)53-37-41(47)36-45)38-52-43(48)34-31-28-25-22-19-16-14-11-13-15-18-21-24-27-30-33-40(2)46/h7-8,10,12-16,20-25,40-42,45-47H,3-6,9,11,17-19,26-39H2,1-2H3,(H,50,51)/b8-7-,12-10-,15-13-,16-14-,23-20-,24-21-,25-22-/t40-,41+,42-/m1/s1. The molecule has 0 radical (unpaired) electrons. The molecular weight excluding hydrogens is 735 g/mol. The lowest BCUT2D eigenvalue weighted by atomic mass is 10.1. The summed E-state index contributed by atoms with van der Waals surface area (Å²) in [6.07, 6.45) is 42.6. The number of rotatable bonds is 37. The Morgan fingerprint density at radius 3 is 1.54 bits per heavy atom. The van der Waals surface area contributed by atoms with Crippen molar-refractivity contribution in [1.82, 2.24) is 0 Å². The van der Waals surface area contributed by atoms with Gasteiger partial charge < -0.3 is 29.7 Å². The van der Waals surface area contributed by atoms with Gasteiger partial charge in [-0.25, -0.2) is 4.57 Å². The number of hydrogen-bond donors (Lipinski definition) is 4. The number of carbonyl (C=O) groups is 2. The number of aliphatic hydroxyl groups excluding tert-OH is 3. The Morgan fingerprint density at radius 1 is 0.589 bits per heavy atom. The second-order valence-corrected chi connectivity index (χ2v) is 15.0. The quantitative estimate of drug-likeness (QED) is 0.0204. The van der Waals surface area contributed by atoms with Gasteiger partial charge in [0.2, 0.25) is 0 Å². The smallest absolute Gasteiger partial charge is 0.462 e. The van der Waals surface area contributed by atoms with Crippen LogP contribution in [0.2, 0.25) is 0 Å². The Kier molecular flexibility index (Phi) is 36.9. The van der Waals surface area contributed by atoms with Gasteiger partial charge in [0.1, 0.15) is 12.7 Å². The van der Waals surface area contributed by atoms with Crippen LogP contribution in [-0.2, 0) is 32.7 Å². The van der Waals surface area contributed by atoms with Gasteiger partial charge in [0, 0.05) is 12.8 Å². The minimum absolute atomic E-state index is 0.112. The topological polar surface area (TPSA) is 169 Å². The van der Waals surface area contributed by atoms with Gasteiger partial charge in [-0.15, -0.1) is 0 Å². The average molecular weight is 809 g/mol. The molecular formula is C44H73O11P. The van der Waals surface area contributed by atoms with E-state index in [1.165, 1.54) is 19.3 Å². The third kappa shape index (κ3) is 39.3. The molecule has 4 N–H and O–H groups in total. The number of hydrogen-bond acceptors (Lipinski definition) is 10. The Morgan fingerprint density at radius 2 is 1.04 bits per heavy atom. The lowest BCUT2D eigenvalue weighted by Gasteiger charge is -2.20. The highest BCUT2D eigenvalue weighted by Crippen LogP contribution is 2.43. The van der Waals surface area contributed by atoms with E-state index in [4.69, 9.17) is 19.1 Å². The highest BCUT2D eigenvalue weighted by Gasteiger charge is 2.27. The van der Waals surface area contributed by atoms with Crippen LogP contribution in [0, 0.1) is 0 Å². The maximum Gasteiger partial charge on any atom is 0.472 e. The molecule has 320 valence electrons. The lowest BCUT2D eigenvalue weighted by molar-refractivity contribution is -0.161. The molecule has 56 heavy (non-hydrogen) atoms. The van der Waals surface area contributed by atoms with Crippen molar-refractivity contribution in [3.63, 3.8) is 0 Å². The molecule has 4 atom stereocenters. The summed E-state index contributed by atoms with van der Waals surface area (Å²) in [6, 6.07) is 0. The number of carbonyl (C=O) groups excluding carboxylic acids is 2. The zero-order valence-corrected chi connectivity index (χ0v) is 35.1. The Bertz CT molecular complexity index is 1220. The fourth-order valence-electron chi connectivity index (χ4n) is 4.83. The molecule has 0 spiro atoms. The van der Waals surface area contributed by atoms with Crippen LogP contribution in [0.5, 0.6) is 0 Å². The maximum atomic E-state index is 12.6. The molecule has 1 unspecified atom stereocenters. The molecule has 0 saturated heterocycles. The molecule has 0 aliphatic heterocycles. The van der Waals surface area contributed by atoms with Crippen molar-refractivity contribution in [3.8, 4) is 0 Å². The first-order valence-electron chi connectivity index (χ1n) is 20.6. The van der Waals surface area contributed by atoms with E-state index in [0.717, 1.165) is 70.6 Å². The maximum absolute atomic E-state index is 12.6. The zero-order chi connectivity index (χ0) is 41.4. The van der Waals surface area contributed by atoms with Gasteiger partial charge in [0.15, 0.2) is 6.10 Å². The van der Waals surface area contributed by atoms with E-state index >= 15 is 0 Å². The Hall–Kier alpha value is -2.89. The van der Waals surface area contributed by atoms with Crippen molar-refractivity contribution in [1.29, 1.82) is 0 Å². The zero-order valence-electron chi connectivity index (χ0n) is 34.2. The summed E-state index contributed by atoms with van der Waals surface area (Å²) >= 11 is 0. The van der Waals surface area contributed by atoms with Crippen molar-refractivity contribution in [2.75, 3.05) is 26.4 Å². The highest BCUT2D eigenvalue weighted by atomic mass is 31.2. The Balaban J connectivity index is 4.51. The van der Waals surface area contributed by atoms with Gasteiger partial charge in [-0.3, -0.25) is 18.6 Å². The van der Waals surface area contributed by atoms with Crippen LogP contribution in [0.15, 0.2) is 85.1 Å². The molecule has 0 heterocycles. The molecule has 0 amide bonds. The molecule has 0 rings (SSSR count). The molecule has 0 aromatic rings. The van der Waals surface area contributed by atoms with Gasteiger partial charge in [0.05, 0.1) is 25.9 Å². The fourth-order valence-corrected chi connectivity index (χ4v) is 5.62. The van der Waals surface area contributed by atoms with Gasteiger partial charge in [-0.1, -0.05) is 105 Å². The third-order valence-electron chi connectivity index (χ3n) is 8.04. The SMILES string of the molecule is CCCCC/C=C\C/C=C\C/C=C\CCCCC(=O)O[C@H](COC(=O)CCC/C=C\C/C=C\C/C=C\C/C=C\CCC[C@@H](C)O)COP(=O)(O)OC[C@@H](O)CO. The number of phosphoric acid groups is 1. The van der Waals surface area contributed by atoms with E-state index in [2.05, 4.69) is 84.4 Å². The number of ether oxygens (including phenoxy) is 2. The molecule has 0 aliphatic rings. The van der Waals surface area contributed by atoms with Crippen LogP contribution >= 0.6 is 7.82 Å². The van der Waals surface area contributed by atoms with E-state index in [1.54, 1.807) is 0 Å². The number of unbranched alkanes of at least 4 members (excludes halogenated alkanes) is 7. The molecule has 0 bridgehead atoms.